The van der Waals surface area contributed by atoms with Gasteiger partial charge in [0, 0.05) is 6.04 Å². The van der Waals surface area contributed by atoms with Gasteiger partial charge in [0.2, 0.25) is 0 Å². The summed E-state index contributed by atoms with van der Waals surface area (Å²) in [6.07, 6.45) is 7.14. The van der Waals surface area contributed by atoms with Crippen molar-refractivity contribution >= 4 is 11.0 Å². The van der Waals surface area contributed by atoms with Gasteiger partial charge in [-0.05, 0) is 62.4 Å². The van der Waals surface area contributed by atoms with Gasteiger partial charge in [-0.3, -0.25) is 0 Å². The first-order valence-electron chi connectivity index (χ1n) is 7.34. The lowest BCUT2D eigenvalue weighted by molar-refractivity contribution is 0.249. The minimum atomic E-state index is 0.533. The van der Waals surface area contributed by atoms with Crippen LogP contribution in [0.1, 0.15) is 42.9 Å². The quantitative estimate of drug-likeness (QED) is 0.896. The Labute approximate surface area is 114 Å². The van der Waals surface area contributed by atoms with Gasteiger partial charge in [-0.1, -0.05) is 12.8 Å². The first kappa shape index (κ1) is 12.7. The van der Waals surface area contributed by atoms with Gasteiger partial charge in [-0.15, -0.1) is 0 Å². The maximum atomic E-state index is 5.96. The number of imidazole rings is 1. The molecule has 0 bridgehead atoms. The number of nitrogens with two attached hydrogens (primary N) is 1. The summed E-state index contributed by atoms with van der Waals surface area (Å²) in [6.45, 7) is 5.11. The fourth-order valence-corrected chi connectivity index (χ4v) is 3.38. The van der Waals surface area contributed by atoms with Crippen LogP contribution in [0, 0.1) is 19.8 Å². The largest absolute Gasteiger partial charge is 0.330 e. The van der Waals surface area contributed by atoms with Crippen molar-refractivity contribution in [1.29, 1.82) is 0 Å². The van der Waals surface area contributed by atoms with Crippen LogP contribution in [0.2, 0.25) is 0 Å². The van der Waals surface area contributed by atoms with E-state index in [4.69, 9.17) is 5.73 Å². The average Bonchev–Trinajstić information content (AvgIpc) is 2.82. The molecule has 19 heavy (non-hydrogen) atoms. The molecule has 2 N–H and O–H groups in total. The highest BCUT2D eigenvalue weighted by Crippen LogP contribution is 2.35. The van der Waals surface area contributed by atoms with E-state index in [1.807, 2.05) is 6.33 Å². The van der Waals surface area contributed by atoms with E-state index in [0.717, 1.165) is 12.1 Å². The van der Waals surface area contributed by atoms with Crippen molar-refractivity contribution in [2.24, 2.45) is 11.7 Å². The zero-order valence-corrected chi connectivity index (χ0v) is 11.9. The van der Waals surface area contributed by atoms with Gasteiger partial charge in [0.05, 0.1) is 17.4 Å². The lowest BCUT2D eigenvalue weighted by Gasteiger charge is -2.32. The summed E-state index contributed by atoms with van der Waals surface area (Å²) < 4.78 is 2.37. The van der Waals surface area contributed by atoms with Gasteiger partial charge in [0.25, 0.3) is 0 Å². The Morgan fingerprint density at radius 1 is 1.21 bits per heavy atom. The van der Waals surface area contributed by atoms with Gasteiger partial charge in [0.15, 0.2) is 0 Å². The van der Waals surface area contributed by atoms with Crippen molar-refractivity contribution in [2.45, 2.75) is 45.6 Å². The molecule has 0 radical (unpaired) electrons. The van der Waals surface area contributed by atoms with Crippen LogP contribution in [-0.2, 0) is 0 Å². The van der Waals surface area contributed by atoms with E-state index in [9.17, 15) is 0 Å². The SMILES string of the molecule is Cc1cc2ncn(C3CCCCC3CN)c2cc1C. The van der Waals surface area contributed by atoms with Crippen molar-refractivity contribution in [3.63, 3.8) is 0 Å². The van der Waals surface area contributed by atoms with E-state index in [1.165, 1.54) is 42.3 Å². The molecule has 0 aliphatic heterocycles. The molecule has 2 aromatic rings. The molecule has 3 rings (SSSR count). The topological polar surface area (TPSA) is 43.8 Å². The van der Waals surface area contributed by atoms with E-state index < -0.39 is 0 Å². The molecule has 0 saturated heterocycles. The molecule has 1 saturated carbocycles. The van der Waals surface area contributed by atoms with E-state index in [1.54, 1.807) is 0 Å². The highest BCUT2D eigenvalue weighted by molar-refractivity contribution is 5.77. The molecule has 0 spiro atoms. The molecule has 3 nitrogen and oxygen atoms in total. The van der Waals surface area contributed by atoms with Gasteiger partial charge >= 0.3 is 0 Å². The highest BCUT2D eigenvalue weighted by Gasteiger charge is 2.26. The number of aromatic nitrogens is 2. The van der Waals surface area contributed by atoms with E-state index >= 15 is 0 Å². The van der Waals surface area contributed by atoms with E-state index in [2.05, 4.69) is 35.5 Å². The molecular formula is C16H23N3. The van der Waals surface area contributed by atoms with Crippen LogP contribution in [0.3, 0.4) is 0 Å². The predicted molar refractivity (Wildman–Crippen MR) is 79.3 cm³/mol. The average molecular weight is 257 g/mol. The smallest absolute Gasteiger partial charge is 0.0961 e. The summed E-state index contributed by atoms with van der Waals surface area (Å²) in [7, 11) is 0. The Bertz CT molecular complexity index is 585. The fourth-order valence-electron chi connectivity index (χ4n) is 3.38. The number of aryl methyl sites for hydroxylation is 2. The van der Waals surface area contributed by atoms with Crippen LogP contribution >= 0.6 is 0 Å². The van der Waals surface area contributed by atoms with E-state index in [0.29, 0.717) is 12.0 Å². The van der Waals surface area contributed by atoms with Gasteiger partial charge in [-0.2, -0.15) is 0 Å². The fraction of sp³-hybridized carbons (Fsp3) is 0.562. The monoisotopic (exact) mass is 257 g/mol. The van der Waals surface area contributed by atoms with Crippen molar-refractivity contribution in [1.82, 2.24) is 9.55 Å². The second-order valence-corrected chi connectivity index (χ2v) is 5.92. The maximum Gasteiger partial charge on any atom is 0.0961 e. The second kappa shape index (κ2) is 4.97. The van der Waals surface area contributed by atoms with Crippen molar-refractivity contribution in [3.05, 3.63) is 29.6 Å². The summed E-state index contributed by atoms with van der Waals surface area (Å²) in [5.74, 6) is 0.604. The Hall–Kier alpha value is -1.35. The predicted octanol–water partition coefficient (Wildman–Crippen LogP) is 3.34. The number of nitrogens with zero attached hydrogens (tertiary/aromatic N) is 2. The number of benzene rings is 1. The summed E-state index contributed by atoms with van der Waals surface area (Å²) in [5, 5.41) is 0. The van der Waals surface area contributed by atoms with Gasteiger partial charge in [-0.25, -0.2) is 4.98 Å². The zero-order valence-electron chi connectivity index (χ0n) is 11.9. The molecule has 2 unspecified atom stereocenters. The third-order valence-corrected chi connectivity index (χ3v) is 4.72. The summed E-state index contributed by atoms with van der Waals surface area (Å²) >= 11 is 0. The summed E-state index contributed by atoms with van der Waals surface area (Å²) in [5.41, 5.74) is 11.0. The number of hydrogen-bond acceptors (Lipinski definition) is 2. The molecule has 3 heteroatoms. The van der Waals surface area contributed by atoms with Crippen LogP contribution in [0.5, 0.6) is 0 Å². The molecule has 2 atom stereocenters. The standard InChI is InChI=1S/C16H23N3/c1-11-7-14-16(8-12(11)2)19(10-18-14)15-6-4-3-5-13(15)9-17/h7-8,10,13,15H,3-6,9,17H2,1-2H3. The van der Waals surface area contributed by atoms with E-state index in [-0.39, 0.29) is 0 Å². The molecule has 0 amide bonds. The summed E-state index contributed by atoms with van der Waals surface area (Å²) in [4.78, 5) is 4.59. The Kier molecular flexibility index (Phi) is 3.31. The van der Waals surface area contributed by atoms with Crippen molar-refractivity contribution in [2.75, 3.05) is 6.54 Å². The van der Waals surface area contributed by atoms with Crippen molar-refractivity contribution < 1.29 is 0 Å². The molecule has 1 aliphatic rings. The number of fused-ring (bicyclic) bond motifs is 1. The molecule has 102 valence electrons. The first-order chi connectivity index (χ1) is 9.20. The van der Waals surface area contributed by atoms with Crippen LogP contribution in [0.25, 0.3) is 11.0 Å². The molecule has 1 fully saturated rings. The molecular weight excluding hydrogens is 234 g/mol. The molecule has 1 aromatic carbocycles. The number of hydrogen-bond donors (Lipinski definition) is 1. The lowest BCUT2D eigenvalue weighted by atomic mass is 9.84. The lowest BCUT2D eigenvalue weighted by Crippen LogP contribution is -2.28. The maximum absolute atomic E-state index is 5.96. The zero-order chi connectivity index (χ0) is 13.4. The van der Waals surface area contributed by atoms with Gasteiger partial charge in [0.1, 0.15) is 0 Å². The molecule has 1 aliphatic carbocycles. The molecule has 1 heterocycles. The van der Waals surface area contributed by atoms with Crippen LogP contribution in [-0.4, -0.2) is 16.1 Å². The third-order valence-electron chi connectivity index (χ3n) is 4.72. The first-order valence-corrected chi connectivity index (χ1v) is 7.34. The Morgan fingerprint density at radius 2 is 1.95 bits per heavy atom. The number of rotatable bonds is 2. The minimum absolute atomic E-state index is 0.533. The van der Waals surface area contributed by atoms with Gasteiger partial charge < -0.3 is 10.3 Å². The van der Waals surface area contributed by atoms with Crippen molar-refractivity contribution in [3.8, 4) is 0 Å². The third kappa shape index (κ3) is 2.16. The highest BCUT2D eigenvalue weighted by atomic mass is 15.1. The Morgan fingerprint density at radius 3 is 2.74 bits per heavy atom. The minimum Gasteiger partial charge on any atom is -0.330 e. The molecule has 1 aromatic heterocycles. The van der Waals surface area contributed by atoms with Crippen LogP contribution in [0.15, 0.2) is 18.5 Å². The second-order valence-electron chi connectivity index (χ2n) is 5.92. The normalized spacial score (nSPS) is 23.9. The Balaban J connectivity index is 2.06. The van der Waals surface area contributed by atoms with Crippen LogP contribution in [0.4, 0.5) is 0 Å². The van der Waals surface area contributed by atoms with Crippen LogP contribution < -0.4 is 5.73 Å². The summed E-state index contributed by atoms with van der Waals surface area (Å²) in [6, 6.07) is 5.01.